The Labute approximate surface area is 123 Å². The fraction of sp³-hybridized carbons (Fsp3) is 0.769. The third-order valence-corrected chi connectivity index (χ3v) is 3.64. The van der Waals surface area contributed by atoms with Crippen LogP contribution in [0.25, 0.3) is 0 Å². The van der Waals surface area contributed by atoms with Gasteiger partial charge in [0.1, 0.15) is 5.54 Å². The van der Waals surface area contributed by atoms with Gasteiger partial charge in [-0.3, -0.25) is 4.79 Å². The van der Waals surface area contributed by atoms with Crippen molar-refractivity contribution in [1.82, 2.24) is 16.0 Å². The number of urea groups is 1. The van der Waals surface area contributed by atoms with Crippen molar-refractivity contribution >= 4 is 17.9 Å². The van der Waals surface area contributed by atoms with Crippen LogP contribution in [0.15, 0.2) is 0 Å². The van der Waals surface area contributed by atoms with Crippen LogP contribution < -0.4 is 16.0 Å². The van der Waals surface area contributed by atoms with Crippen molar-refractivity contribution < 1.29 is 24.2 Å². The minimum Gasteiger partial charge on any atom is -0.480 e. The normalized spacial score (nSPS) is 17.7. The molecule has 0 saturated carbocycles. The van der Waals surface area contributed by atoms with Crippen LogP contribution >= 0.6 is 0 Å². The van der Waals surface area contributed by atoms with E-state index >= 15 is 0 Å². The van der Waals surface area contributed by atoms with E-state index in [1.54, 1.807) is 13.8 Å². The quantitative estimate of drug-likeness (QED) is 0.556. The molecule has 1 aliphatic rings. The second kappa shape index (κ2) is 6.75. The molecule has 0 atom stereocenters. The molecular weight excluding hydrogens is 278 g/mol. The van der Waals surface area contributed by atoms with Gasteiger partial charge in [0.2, 0.25) is 5.91 Å². The van der Waals surface area contributed by atoms with Crippen LogP contribution in [-0.4, -0.2) is 55.4 Å². The number of carboxylic acid groups (broad SMARTS) is 1. The average Bonchev–Trinajstić information content (AvgIpc) is 2.45. The molecule has 21 heavy (non-hydrogen) atoms. The van der Waals surface area contributed by atoms with Gasteiger partial charge < -0.3 is 25.8 Å². The van der Waals surface area contributed by atoms with E-state index in [4.69, 9.17) is 4.74 Å². The molecule has 0 aromatic heterocycles. The first kappa shape index (κ1) is 17.2. The van der Waals surface area contributed by atoms with Crippen LogP contribution in [0, 0.1) is 5.41 Å². The Hall–Kier alpha value is -1.83. The lowest BCUT2D eigenvalue weighted by Gasteiger charge is -2.34. The molecular formula is C13H23N3O5. The Balaban J connectivity index is 2.59. The van der Waals surface area contributed by atoms with E-state index in [1.165, 1.54) is 7.05 Å². The van der Waals surface area contributed by atoms with Gasteiger partial charge in [-0.1, -0.05) is 0 Å². The molecule has 120 valence electrons. The highest BCUT2D eigenvalue weighted by Gasteiger charge is 2.42. The highest BCUT2D eigenvalue weighted by Crippen LogP contribution is 2.21. The van der Waals surface area contributed by atoms with Crippen molar-refractivity contribution in [3.63, 3.8) is 0 Å². The summed E-state index contributed by atoms with van der Waals surface area (Å²) in [5, 5.41) is 16.9. The van der Waals surface area contributed by atoms with Gasteiger partial charge in [0.15, 0.2) is 0 Å². The zero-order valence-corrected chi connectivity index (χ0v) is 12.6. The highest BCUT2D eigenvalue weighted by atomic mass is 16.5. The summed E-state index contributed by atoms with van der Waals surface area (Å²) in [6, 6.07) is -0.601. The summed E-state index contributed by atoms with van der Waals surface area (Å²) in [5.41, 5.74) is -2.09. The largest absolute Gasteiger partial charge is 0.480 e. The van der Waals surface area contributed by atoms with Crippen LogP contribution in [0.3, 0.4) is 0 Å². The summed E-state index contributed by atoms with van der Waals surface area (Å²) in [7, 11) is 1.52. The van der Waals surface area contributed by atoms with Crippen molar-refractivity contribution in [2.75, 3.05) is 26.8 Å². The van der Waals surface area contributed by atoms with Crippen molar-refractivity contribution in [3.05, 3.63) is 0 Å². The summed E-state index contributed by atoms with van der Waals surface area (Å²) in [4.78, 5) is 34.9. The molecule has 4 N–H and O–H groups in total. The molecule has 1 heterocycles. The summed E-state index contributed by atoms with van der Waals surface area (Å²) in [6.07, 6.45) is 0.434. The number of carbonyl (C=O) groups excluding carboxylic acids is 2. The molecule has 0 spiro atoms. The predicted octanol–water partition coefficient (Wildman–Crippen LogP) is -0.308. The minimum atomic E-state index is -1.31. The zero-order valence-electron chi connectivity index (χ0n) is 12.6. The van der Waals surface area contributed by atoms with E-state index in [-0.39, 0.29) is 38.5 Å². The lowest BCUT2D eigenvalue weighted by atomic mass is 9.90. The Morgan fingerprint density at radius 1 is 1.24 bits per heavy atom. The van der Waals surface area contributed by atoms with E-state index < -0.39 is 23.0 Å². The number of hydrogen-bond donors (Lipinski definition) is 4. The number of aliphatic carboxylic acids is 1. The van der Waals surface area contributed by atoms with Crippen molar-refractivity contribution in [1.29, 1.82) is 0 Å². The standard InChI is InChI=1S/C13H23N3O5/c1-12(2,9(17)14-3)8-15-11(20)16-13(10(18)19)4-6-21-7-5-13/h4-8H2,1-3H3,(H,14,17)(H,18,19)(H2,15,16,20). The Morgan fingerprint density at radius 3 is 2.29 bits per heavy atom. The lowest BCUT2D eigenvalue weighted by molar-refractivity contribution is -0.148. The first-order valence-corrected chi connectivity index (χ1v) is 6.83. The van der Waals surface area contributed by atoms with Gasteiger partial charge in [-0.2, -0.15) is 0 Å². The summed E-state index contributed by atoms with van der Waals surface area (Å²) in [6.45, 7) is 4.05. The summed E-state index contributed by atoms with van der Waals surface area (Å²) < 4.78 is 5.13. The first-order valence-electron chi connectivity index (χ1n) is 6.83. The third-order valence-electron chi connectivity index (χ3n) is 3.64. The molecule has 0 bridgehead atoms. The molecule has 1 rings (SSSR count). The van der Waals surface area contributed by atoms with E-state index in [1.807, 2.05) is 0 Å². The van der Waals surface area contributed by atoms with Crippen LogP contribution in [0.5, 0.6) is 0 Å². The maximum atomic E-state index is 11.9. The third kappa shape index (κ3) is 4.32. The molecule has 1 aliphatic heterocycles. The number of amides is 3. The fourth-order valence-corrected chi connectivity index (χ4v) is 2.09. The number of hydrogen-bond acceptors (Lipinski definition) is 4. The SMILES string of the molecule is CNC(=O)C(C)(C)CNC(=O)NC1(C(=O)O)CCOCC1. The summed E-state index contributed by atoms with van der Waals surface area (Å²) in [5.74, 6) is -1.28. The van der Waals surface area contributed by atoms with E-state index in [0.29, 0.717) is 0 Å². The fourth-order valence-electron chi connectivity index (χ4n) is 2.09. The molecule has 0 radical (unpaired) electrons. The van der Waals surface area contributed by atoms with E-state index in [9.17, 15) is 19.5 Å². The van der Waals surface area contributed by atoms with Crippen LogP contribution in [-0.2, 0) is 14.3 Å². The Bertz CT molecular complexity index is 416. The molecule has 0 aliphatic carbocycles. The molecule has 3 amide bonds. The summed E-state index contributed by atoms with van der Waals surface area (Å²) >= 11 is 0. The average molecular weight is 301 g/mol. The predicted molar refractivity (Wildman–Crippen MR) is 74.8 cm³/mol. The van der Waals surface area contributed by atoms with Crippen molar-refractivity contribution in [2.45, 2.75) is 32.2 Å². The first-order chi connectivity index (χ1) is 9.73. The maximum absolute atomic E-state index is 11.9. The molecule has 8 heteroatoms. The maximum Gasteiger partial charge on any atom is 0.329 e. The minimum absolute atomic E-state index is 0.102. The molecule has 0 unspecified atom stereocenters. The Morgan fingerprint density at radius 2 is 1.81 bits per heavy atom. The molecule has 1 saturated heterocycles. The van der Waals surface area contributed by atoms with Crippen LogP contribution in [0.4, 0.5) is 4.79 Å². The number of rotatable bonds is 5. The Kier molecular flexibility index (Phi) is 5.54. The lowest BCUT2D eigenvalue weighted by Crippen LogP contribution is -2.60. The smallest absolute Gasteiger partial charge is 0.329 e. The number of ether oxygens (including phenoxy) is 1. The highest BCUT2D eigenvalue weighted by molar-refractivity contribution is 5.87. The van der Waals surface area contributed by atoms with Gasteiger partial charge in [0.25, 0.3) is 0 Å². The molecule has 8 nitrogen and oxygen atoms in total. The zero-order chi connectivity index (χ0) is 16.1. The molecule has 1 fully saturated rings. The number of carboxylic acids is 1. The van der Waals surface area contributed by atoms with Crippen LogP contribution in [0.1, 0.15) is 26.7 Å². The number of nitrogens with one attached hydrogen (secondary N) is 3. The van der Waals surface area contributed by atoms with Crippen LogP contribution in [0.2, 0.25) is 0 Å². The number of carbonyl (C=O) groups is 3. The molecule has 0 aromatic rings. The topological polar surface area (TPSA) is 117 Å². The van der Waals surface area contributed by atoms with Crippen molar-refractivity contribution in [2.24, 2.45) is 5.41 Å². The van der Waals surface area contributed by atoms with Gasteiger partial charge in [-0.05, 0) is 13.8 Å². The second-order valence-corrected chi connectivity index (χ2v) is 5.77. The van der Waals surface area contributed by atoms with Gasteiger partial charge >= 0.3 is 12.0 Å². The van der Waals surface area contributed by atoms with E-state index in [0.717, 1.165) is 0 Å². The monoisotopic (exact) mass is 301 g/mol. The van der Waals surface area contributed by atoms with Gasteiger partial charge in [-0.25, -0.2) is 9.59 Å². The van der Waals surface area contributed by atoms with Gasteiger partial charge in [-0.15, -0.1) is 0 Å². The molecule has 0 aromatic carbocycles. The van der Waals surface area contributed by atoms with Gasteiger partial charge in [0, 0.05) is 39.6 Å². The second-order valence-electron chi connectivity index (χ2n) is 5.77. The van der Waals surface area contributed by atoms with E-state index in [2.05, 4.69) is 16.0 Å². The van der Waals surface area contributed by atoms with Crippen molar-refractivity contribution in [3.8, 4) is 0 Å². The van der Waals surface area contributed by atoms with Gasteiger partial charge in [0.05, 0.1) is 5.41 Å².